The normalized spacial score (nSPS) is 14.9. The molecule has 2 amide bonds. The first-order chi connectivity index (χ1) is 14.3. The van der Waals surface area contributed by atoms with Crippen molar-refractivity contribution in [3.63, 3.8) is 0 Å². The van der Waals surface area contributed by atoms with E-state index in [4.69, 9.17) is 16.3 Å². The second-order valence-electron chi connectivity index (χ2n) is 6.61. The van der Waals surface area contributed by atoms with Gasteiger partial charge in [-0.25, -0.2) is 8.42 Å². The lowest BCUT2D eigenvalue weighted by Crippen LogP contribution is -2.40. The average molecular weight is 453 g/mol. The van der Waals surface area contributed by atoms with Crippen LogP contribution in [0, 0.1) is 0 Å². The number of ether oxygens (including phenoxy) is 1. The third-order valence-corrected chi connectivity index (χ3v) is 6.82. The van der Waals surface area contributed by atoms with E-state index in [-0.39, 0.29) is 41.1 Å². The van der Waals surface area contributed by atoms with E-state index in [0.717, 1.165) is 0 Å². The zero-order chi connectivity index (χ0) is 21.7. The predicted octanol–water partition coefficient (Wildman–Crippen LogP) is 1.47. The highest BCUT2D eigenvalue weighted by Crippen LogP contribution is 2.28. The van der Waals surface area contributed by atoms with Crippen LogP contribution < -0.4 is 5.32 Å². The van der Waals surface area contributed by atoms with Crippen molar-refractivity contribution in [2.24, 2.45) is 0 Å². The number of hydrogen-bond donors (Lipinski definition) is 1. The first-order valence-corrected chi connectivity index (χ1v) is 10.9. The fourth-order valence-electron chi connectivity index (χ4n) is 2.90. The Morgan fingerprint density at radius 2 is 2.00 bits per heavy atom. The minimum Gasteiger partial charge on any atom is -0.379 e. The molecule has 0 aliphatic carbocycles. The van der Waals surface area contributed by atoms with Crippen molar-refractivity contribution in [2.75, 3.05) is 45.2 Å². The minimum atomic E-state index is -3.82. The highest BCUT2D eigenvalue weighted by atomic mass is 35.5. The molecule has 1 saturated heterocycles. The predicted molar refractivity (Wildman–Crippen MR) is 111 cm³/mol. The van der Waals surface area contributed by atoms with E-state index in [1.54, 1.807) is 18.3 Å². The van der Waals surface area contributed by atoms with Crippen molar-refractivity contribution in [1.29, 1.82) is 0 Å². The van der Waals surface area contributed by atoms with Crippen LogP contribution in [-0.4, -0.2) is 74.3 Å². The molecular weight excluding hydrogens is 432 g/mol. The van der Waals surface area contributed by atoms with Gasteiger partial charge in [0.25, 0.3) is 5.91 Å². The first kappa shape index (κ1) is 22.2. The van der Waals surface area contributed by atoms with Gasteiger partial charge in [-0.05, 0) is 30.3 Å². The minimum absolute atomic E-state index is 0.0587. The molecular formula is C19H21ClN4O5S. The molecule has 3 rings (SSSR count). The zero-order valence-corrected chi connectivity index (χ0v) is 17.8. The van der Waals surface area contributed by atoms with Crippen LogP contribution in [0.15, 0.2) is 47.6 Å². The van der Waals surface area contributed by atoms with E-state index in [0.29, 0.717) is 18.8 Å². The van der Waals surface area contributed by atoms with Crippen LogP contribution in [0.1, 0.15) is 10.4 Å². The number of sulfonamides is 1. The van der Waals surface area contributed by atoms with Crippen LogP contribution in [-0.2, 0) is 19.6 Å². The lowest BCUT2D eigenvalue weighted by atomic mass is 10.2. The van der Waals surface area contributed by atoms with Crippen molar-refractivity contribution >= 4 is 39.1 Å². The van der Waals surface area contributed by atoms with Crippen LogP contribution in [0.25, 0.3) is 0 Å². The number of carbonyl (C=O) groups excluding carboxylic acids is 2. The maximum absolute atomic E-state index is 12.9. The molecule has 1 N–H and O–H groups in total. The topological polar surface area (TPSA) is 109 Å². The lowest BCUT2D eigenvalue weighted by Gasteiger charge is -2.26. The van der Waals surface area contributed by atoms with Gasteiger partial charge in [0.05, 0.1) is 30.3 Å². The van der Waals surface area contributed by atoms with Crippen LogP contribution in [0.5, 0.6) is 0 Å². The van der Waals surface area contributed by atoms with Gasteiger partial charge in [0.1, 0.15) is 4.90 Å². The summed E-state index contributed by atoms with van der Waals surface area (Å²) in [6.45, 7) is 0.865. The smallest absolute Gasteiger partial charge is 0.255 e. The number of anilines is 1. The number of pyridine rings is 1. The Bertz CT molecular complexity index is 1030. The third kappa shape index (κ3) is 5.14. The zero-order valence-electron chi connectivity index (χ0n) is 16.2. The number of benzene rings is 1. The number of amides is 2. The molecule has 160 valence electrons. The molecule has 0 saturated carbocycles. The summed E-state index contributed by atoms with van der Waals surface area (Å²) >= 11 is 6.12. The van der Waals surface area contributed by atoms with Gasteiger partial charge in [-0.1, -0.05) is 11.6 Å². The van der Waals surface area contributed by atoms with Crippen LogP contribution >= 0.6 is 11.6 Å². The van der Waals surface area contributed by atoms with Gasteiger partial charge in [-0.3, -0.25) is 14.6 Å². The summed E-state index contributed by atoms with van der Waals surface area (Å²) in [5.74, 6) is -0.836. The fourth-order valence-corrected chi connectivity index (χ4v) is 4.81. The van der Waals surface area contributed by atoms with Crippen LogP contribution in [0.4, 0.5) is 5.69 Å². The molecule has 1 aliphatic rings. The number of likely N-dealkylation sites (N-methyl/N-ethyl adjacent to an activating group) is 1. The number of halogens is 1. The quantitative estimate of drug-likeness (QED) is 0.710. The van der Waals surface area contributed by atoms with Gasteiger partial charge in [0, 0.05) is 38.2 Å². The second kappa shape index (κ2) is 9.52. The molecule has 1 aliphatic heterocycles. The first-order valence-electron chi connectivity index (χ1n) is 9.12. The standard InChI is InChI=1S/C19H21ClN4O5S/c1-23(19(26)14-3-2-6-21-12-14)13-18(25)22-15-4-5-16(20)17(11-15)30(27,28)24-7-9-29-10-8-24/h2-6,11-12H,7-10,13H2,1H3,(H,22,25). The maximum Gasteiger partial charge on any atom is 0.255 e. The molecule has 0 spiro atoms. The molecule has 30 heavy (non-hydrogen) atoms. The van der Waals surface area contributed by atoms with Crippen molar-refractivity contribution in [3.8, 4) is 0 Å². The van der Waals surface area contributed by atoms with E-state index in [2.05, 4.69) is 10.3 Å². The van der Waals surface area contributed by atoms with Gasteiger partial charge in [0.2, 0.25) is 15.9 Å². The number of nitrogens with one attached hydrogen (secondary N) is 1. The highest BCUT2D eigenvalue weighted by molar-refractivity contribution is 7.89. The summed E-state index contributed by atoms with van der Waals surface area (Å²) in [6, 6.07) is 7.46. The maximum atomic E-state index is 12.9. The van der Waals surface area contributed by atoms with Crippen LogP contribution in [0.3, 0.4) is 0 Å². The lowest BCUT2D eigenvalue weighted by molar-refractivity contribution is -0.116. The van der Waals surface area contributed by atoms with E-state index in [1.807, 2.05) is 0 Å². The number of carbonyl (C=O) groups is 2. The van der Waals surface area contributed by atoms with E-state index in [9.17, 15) is 18.0 Å². The van der Waals surface area contributed by atoms with E-state index in [1.165, 1.54) is 40.6 Å². The van der Waals surface area contributed by atoms with E-state index >= 15 is 0 Å². The van der Waals surface area contributed by atoms with Gasteiger partial charge in [-0.2, -0.15) is 4.31 Å². The fraction of sp³-hybridized carbons (Fsp3) is 0.316. The Kier molecular flexibility index (Phi) is 7.03. The molecule has 2 aromatic rings. The van der Waals surface area contributed by atoms with Crippen molar-refractivity contribution in [3.05, 3.63) is 53.3 Å². The molecule has 2 heterocycles. The average Bonchev–Trinajstić information content (AvgIpc) is 2.75. The van der Waals surface area contributed by atoms with Gasteiger partial charge in [0.15, 0.2) is 0 Å². The highest BCUT2D eigenvalue weighted by Gasteiger charge is 2.28. The molecule has 11 heteroatoms. The Balaban J connectivity index is 1.70. The summed E-state index contributed by atoms with van der Waals surface area (Å²) in [4.78, 5) is 29.7. The Morgan fingerprint density at radius 3 is 2.67 bits per heavy atom. The molecule has 0 atom stereocenters. The molecule has 0 radical (unpaired) electrons. The largest absolute Gasteiger partial charge is 0.379 e. The molecule has 0 bridgehead atoms. The summed E-state index contributed by atoms with van der Waals surface area (Å²) in [6.07, 6.45) is 2.96. The van der Waals surface area contributed by atoms with Crippen molar-refractivity contribution in [1.82, 2.24) is 14.2 Å². The number of morpholine rings is 1. The Hall–Kier alpha value is -2.53. The SMILES string of the molecule is CN(CC(=O)Nc1ccc(Cl)c(S(=O)(=O)N2CCOCC2)c1)C(=O)c1cccnc1. The second-order valence-corrected chi connectivity index (χ2v) is 8.93. The molecule has 1 aromatic heterocycles. The van der Waals surface area contributed by atoms with E-state index < -0.39 is 15.9 Å². The van der Waals surface area contributed by atoms with Gasteiger partial charge >= 0.3 is 0 Å². The molecule has 9 nitrogen and oxygen atoms in total. The number of aromatic nitrogens is 1. The van der Waals surface area contributed by atoms with Gasteiger partial charge < -0.3 is 15.0 Å². The van der Waals surface area contributed by atoms with Gasteiger partial charge in [-0.15, -0.1) is 0 Å². The molecule has 1 fully saturated rings. The van der Waals surface area contributed by atoms with Crippen LogP contribution in [0.2, 0.25) is 5.02 Å². The van der Waals surface area contributed by atoms with Crippen molar-refractivity contribution in [2.45, 2.75) is 4.90 Å². The summed E-state index contributed by atoms with van der Waals surface area (Å²) < 4.78 is 32.3. The van der Waals surface area contributed by atoms with Crippen molar-refractivity contribution < 1.29 is 22.7 Å². The third-order valence-electron chi connectivity index (χ3n) is 4.44. The molecule has 0 unspecified atom stereocenters. The Morgan fingerprint density at radius 1 is 1.27 bits per heavy atom. The number of hydrogen-bond acceptors (Lipinski definition) is 6. The number of nitrogens with zero attached hydrogens (tertiary/aromatic N) is 3. The summed E-state index contributed by atoms with van der Waals surface area (Å²) in [5, 5.41) is 2.67. The number of rotatable bonds is 6. The monoisotopic (exact) mass is 452 g/mol. The Labute approximate surface area is 179 Å². The molecule has 1 aromatic carbocycles. The summed E-state index contributed by atoms with van der Waals surface area (Å²) in [7, 11) is -2.33. The summed E-state index contributed by atoms with van der Waals surface area (Å²) in [5.41, 5.74) is 0.622.